The van der Waals surface area contributed by atoms with Crippen LogP contribution in [0.25, 0.3) is 0 Å². The van der Waals surface area contributed by atoms with Crippen molar-refractivity contribution in [2.24, 2.45) is 0 Å². The number of carbonyl (C=O) groups is 1. The Morgan fingerprint density at radius 2 is 0.583 bits per heavy atom. The summed E-state index contributed by atoms with van der Waals surface area (Å²) >= 11 is 0. The van der Waals surface area contributed by atoms with Gasteiger partial charge in [0.2, 0.25) is 0 Å². The number of esters is 1. The molecule has 0 saturated heterocycles. The van der Waals surface area contributed by atoms with Gasteiger partial charge in [-0.05, 0) is 38.5 Å². The summed E-state index contributed by atoms with van der Waals surface area (Å²) in [5.41, 5.74) is 0. The van der Waals surface area contributed by atoms with Gasteiger partial charge in [0.1, 0.15) is 0 Å². The summed E-state index contributed by atoms with van der Waals surface area (Å²) in [6.07, 6.45) is 58.9. The van der Waals surface area contributed by atoms with Gasteiger partial charge in [-0.25, -0.2) is 0 Å². The number of hydrogen-bond acceptors (Lipinski definition) is 2. The Morgan fingerprint density at radius 3 is 0.896 bits per heavy atom. The van der Waals surface area contributed by atoms with Crippen LogP contribution in [0, 0.1) is 0 Å². The van der Waals surface area contributed by atoms with Crippen molar-refractivity contribution in [3.8, 4) is 0 Å². The van der Waals surface area contributed by atoms with Gasteiger partial charge in [0.05, 0.1) is 6.61 Å². The summed E-state index contributed by atoms with van der Waals surface area (Å²) in [7, 11) is 0. The molecule has 0 aromatic carbocycles. The molecule has 0 radical (unpaired) electrons. The molecule has 0 aliphatic carbocycles. The number of allylic oxidation sites excluding steroid dienone is 2. The van der Waals surface area contributed by atoms with Crippen LogP contribution in [-0.4, -0.2) is 12.6 Å². The Bertz CT molecular complexity index is 611. The minimum atomic E-state index is 0.0233. The lowest BCUT2D eigenvalue weighted by molar-refractivity contribution is -0.143. The summed E-state index contributed by atoms with van der Waals surface area (Å²) < 4.78 is 5.47. The highest BCUT2D eigenvalue weighted by atomic mass is 16.5. The van der Waals surface area contributed by atoms with E-state index in [0.29, 0.717) is 13.0 Å². The Morgan fingerprint density at radius 1 is 0.333 bits per heavy atom. The van der Waals surface area contributed by atoms with E-state index in [0.717, 1.165) is 12.8 Å². The van der Waals surface area contributed by atoms with Crippen LogP contribution in [0.5, 0.6) is 0 Å². The Labute approximate surface area is 304 Å². The summed E-state index contributed by atoms with van der Waals surface area (Å²) in [5.74, 6) is 0.0233. The fourth-order valence-corrected chi connectivity index (χ4v) is 7.02. The Kier molecular flexibility index (Phi) is 43.5. The number of unbranched alkanes of at least 4 members (excludes halogenated alkanes) is 36. The van der Waals surface area contributed by atoms with Crippen LogP contribution in [0.4, 0.5) is 0 Å². The first kappa shape index (κ1) is 47.2. The first-order valence-electron chi connectivity index (χ1n) is 22.6. The zero-order valence-corrected chi connectivity index (χ0v) is 33.5. The van der Waals surface area contributed by atoms with E-state index in [4.69, 9.17) is 4.74 Å². The average Bonchev–Trinajstić information content (AvgIpc) is 3.09. The van der Waals surface area contributed by atoms with E-state index in [9.17, 15) is 4.79 Å². The second-order valence-electron chi connectivity index (χ2n) is 15.4. The lowest BCUT2D eigenvalue weighted by Crippen LogP contribution is -2.05. The van der Waals surface area contributed by atoms with Crippen molar-refractivity contribution >= 4 is 5.97 Å². The van der Waals surface area contributed by atoms with Gasteiger partial charge in [0.15, 0.2) is 0 Å². The fourth-order valence-electron chi connectivity index (χ4n) is 7.02. The molecule has 0 N–H and O–H groups in total. The number of carbonyl (C=O) groups excluding carboxylic acids is 1. The predicted molar refractivity (Wildman–Crippen MR) is 216 cm³/mol. The van der Waals surface area contributed by atoms with Crippen molar-refractivity contribution in [2.45, 2.75) is 271 Å². The van der Waals surface area contributed by atoms with E-state index in [2.05, 4.69) is 26.0 Å². The maximum atomic E-state index is 12.0. The van der Waals surface area contributed by atoms with Crippen molar-refractivity contribution in [1.82, 2.24) is 0 Å². The lowest BCUT2D eigenvalue weighted by atomic mass is 10.0. The van der Waals surface area contributed by atoms with Crippen LogP contribution in [0.1, 0.15) is 271 Å². The maximum Gasteiger partial charge on any atom is 0.305 e. The van der Waals surface area contributed by atoms with Gasteiger partial charge in [-0.1, -0.05) is 238 Å². The second kappa shape index (κ2) is 44.2. The first-order valence-corrected chi connectivity index (χ1v) is 22.6. The van der Waals surface area contributed by atoms with Gasteiger partial charge >= 0.3 is 5.97 Å². The van der Waals surface area contributed by atoms with Crippen LogP contribution < -0.4 is 0 Å². The molecule has 0 amide bonds. The van der Waals surface area contributed by atoms with Gasteiger partial charge in [0.25, 0.3) is 0 Å². The Balaban J connectivity index is 3.19. The third kappa shape index (κ3) is 43.2. The molecule has 0 atom stereocenters. The lowest BCUT2D eigenvalue weighted by Gasteiger charge is -2.06. The highest BCUT2D eigenvalue weighted by molar-refractivity contribution is 5.69. The SMILES string of the molecule is CCCCCCCCCCCCCCCCC/C=C\CCCCCCCCC(=O)OCCCCCCCCCCCCCCCCCC. The minimum Gasteiger partial charge on any atom is -0.466 e. The summed E-state index contributed by atoms with van der Waals surface area (Å²) in [4.78, 5) is 12.0. The predicted octanol–water partition coefficient (Wildman–Crippen LogP) is 16.7. The largest absolute Gasteiger partial charge is 0.466 e. The third-order valence-corrected chi connectivity index (χ3v) is 10.4. The van der Waals surface area contributed by atoms with E-state index in [1.54, 1.807) is 0 Å². The molecule has 0 unspecified atom stereocenters. The molecule has 0 heterocycles. The molecule has 0 spiro atoms. The molecule has 0 fully saturated rings. The number of ether oxygens (including phenoxy) is 1. The van der Waals surface area contributed by atoms with Crippen molar-refractivity contribution in [3.05, 3.63) is 12.2 Å². The van der Waals surface area contributed by atoms with Gasteiger partial charge < -0.3 is 4.74 Å². The molecule has 0 aromatic rings. The molecule has 2 nitrogen and oxygen atoms in total. The van der Waals surface area contributed by atoms with E-state index in [-0.39, 0.29) is 5.97 Å². The maximum absolute atomic E-state index is 12.0. The second-order valence-corrected chi connectivity index (χ2v) is 15.4. The van der Waals surface area contributed by atoms with Gasteiger partial charge in [-0.2, -0.15) is 0 Å². The molecule has 0 aliphatic rings. The summed E-state index contributed by atoms with van der Waals surface area (Å²) in [6, 6.07) is 0. The van der Waals surface area contributed by atoms with E-state index >= 15 is 0 Å². The van der Waals surface area contributed by atoms with Crippen LogP contribution >= 0.6 is 0 Å². The molecule has 286 valence electrons. The van der Waals surface area contributed by atoms with Crippen LogP contribution in [0.2, 0.25) is 0 Å². The van der Waals surface area contributed by atoms with E-state index < -0.39 is 0 Å². The molecule has 0 saturated carbocycles. The van der Waals surface area contributed by atoms with E-state index in [1.165, 1.54) is 238 Å². The monoisotopic (exact) mass is 675 g/mol. The van der Waals surface area contributed by atoms with Crippen LogP contribution in [0.3, 0.4) is 0 Å². The highest BCUT2D eigenvalue weighted by Crippen LogP contribution is 2.16. The van der Waals surface area contributed by atoms with Crippen LogP contribution in [-0.2, 0) is 9.53 Å². The van der Waals surface area contributed by atoms with Crippen molar-refractivity contribution in [3.63, 3.8) is 0 Å². The summed E-state index contributed by atoms with van der Waals surface area (Å²) in [6.45, 7) is 5.22. The van der Waals surface area contributed by atoms with Gasteiger partial charge in [-0.3, -0.25) is 4.79 Å². The normalized spacial score (nSPS) is 11.6. The number of rotatable bonds is 42. The fraction of sp³-hybridized carbons (Fsp3) is 0.935. The molecule has 0 aromatic heterocycles. The molecule has 0 aliphatic heterocycles. The highest BCUT2D eigenvalue weighted by Gasteiger charge is 2.03. The molecule has 0 rings (SSSR count). The van der Waals surface area contributed by atoms with Crippen molar-refractivity contribution in [2.75, 3.05) is 6.61 Å². The van der Waals surface area contributed by atoms with Crippen LogP contribution in [0.15, 0.2) is 12.2 Å². The van der Waals surface area contributed by atoms with E-state index in [1.807, 2.05) is 0 Å². The zero-order chi connectivity index (χ0) is 34.7. The zero-order valence-electron chi connectivity index (χ0n) is 33.5. The summed E-state index contributed by atoms with van der Waals surface area (Å²) in [5, 5.41) is 0. The molecular formula is C46H90O2. The van der Waals surface area contributed by atoms with Crippen molar-refractivity contribution < 1.29 is 9.53 Å². The standard InChI is InChI=1S/C46H90O2/c1-3-5-7-9-11-13-15-17-19-21-22-23-24-25-26-27-28-29-30-32-34-36-38-40-42-44-46(47)48-45-43-41-39-37-35-33-31-20-18-16-14-12-10-8-6-4-2/h28-29H,3-27,30-45H2,1-2H3/b29-28-. The topological polar surface area (TPSA) is 26.3 Å². The molecule has 0 bridgehead atoms. The molecule has 2 heteroatoms. The average molecular weight is 675 g/mol. The molecular weight excluding hydrogens is 585 g/mol. The van der Waals surface area contributed by atoms with Gasteiger partial charge in [0, 0.05) is 6.42 Å². The first-order chi connectivity index (χ1) is 23.8. The Hall–Kier alpha value is -0.790. The molecule has 48 heavy (non-hydrogen) atoms. The third-order valence-electron chi connectivity index (χ3n) is 10.4. The number of hydrogen-bond donors (Lipinski definition) is 0. The minimum absolute atomic E-state index is 0.0233. The van der Waals surface area contributed by atoms with Gasteiger partial charge in [-0.15, -0.1) is 0 Å². The van der Waals surface area contributed by atoms with Crippen molar-refractivity contribution in [1.29, 1.82) is 0 Å². The quantitative estimate of drug-likeness (QED) is 0.0366. The smallest absolute Gasteiger partial charge is 0.305 e.